The molecule has 1 aliphatic heterocycles. The molecule has 1 saturated carbocycles. The summed E-state index contributed by atoms with van der Waals surface area (Å²) in [5, 5.41) is 9.70. The van der Waals surface area contributed by atoms with Gasteiger partial charge in [-0.05, 0) is 52.1 Å². The number of fused-ring (bicyclic) bond motifs is 1. The molecule has 7 heteroatoms. The van der Waals surface area contributed by atoms with E-state index in [0.717, 1.165) is 18.4 Å². The highest BCUT2D eigenvalue weighted by Crippen LogP contribution is 2.34. The summed E-state index contributed by atoms with van der Waals surface area (Å²) in [4.78, 5) is 2.19. The second kappa shape index (κ2) is 10.4. The van der Waals surface area contributed by atoms with Crippen molar-refractivity contribution >= 4 is 10.0 Å². The van der Waals surface area contributed by atoms with E-state index in [0.29, 0.717) is 24.8 Å². The zero-order valence-corrected chi connectivity index (χ0v) is 20.0. The first kappa shape index (κ1) is 24.1. The summed E-state index contributed by atoms with van der Waals surface area (Å²) in [6.07, 6.45) is 5.84. The highest BCUT2D eigenvalue weighted by atomic mass is 32.2. The minimum atomic E-state index is -3.80. The van der Waals surface area contributed by atoms with Crippen LogP contribution in [0.5, 0.6) is 5.75 Å². The molecule has 2 aliphatic rings. The van der Waals surface area contributed by atoms with Gasteiger partial charge in [0, 0.05) is 36.5 Å². The van der Waals surface area contributed by atoms with Gasteiger partial charge >= 0.3 is 0 Å². The van der Waals surface area contributed by atoms with Gasteiger partial charge in [0.05, 0.1) is 6.61 Å². The number of ether oxygens (including phenoxy) is 1. The third kappa shape index (κ3) is 5.81. The molecule has 0 aromatic heterocycles. The molecule has 0 radical (unpaired) electrons. The Balaban J connectivity index is 2.01. The fourth-order valence-corrected chi connectivity index (χ4v) is 6.14. The van der Waals surface area contributed by atoms with Gasteiger partial charge in [0.15, 0.2) is 0 Å². The number of benzene rings is 1. The van der Waals surface area contributed by atoms with Crippen LogP contribution in [-0.2, 0) is 10.0 Å². The van der Waals surface area contributed by atoms with Crippen LogP contribution < -0.4 is 4.74 Å². The van der Waals surface area contributed by atoms with Crippen LogP contribution in [0.2, 0.25) is 0 Å². The molecular formula is C24H36N2O4S. The summed E-state index contributed by atoms with van der Waals surface area (Å²) >= 11 is 0. The standard InChI is InChI=1S/C24H36N2O4S/c1-18-15-26(19(2)17-27)31(28,29)24-13-12-21(11-10-20-8-6-5-7-9-20)14-22(24)30-23(18)16-25(3)4/h12-14,18-20,23,27H,5-9,15-17H2,1-4H3/t18-,19-,23+/m0/s1. The largest absolute Gasteiger partial charge is 0.487 e. The first-order chi connectivity index (χ1) is 14.7. The summed E-state index contributed by atoms with van der Waals surface area (Å²) in [6, 6.07) is 4.63. The van der Waals surface area contributed by atoms with Crippen molar-refractivity contribution in [1.82, 2.24) is 9.21 Å². The van der Waals surface area contributed by atoms with Crippen molar-refractivity contribution in [3.05, 3.63) is 23.8 Å². The average molecular weight is 449 g/mol. The number of likely N-dealkylation sites (N-methyl/N-ethyl adjacent to an activating group) is 1. The van der Waals surface area contributed by atoms with E-state index in [9.17, 15) is 13.5 Å². The predicted molar refractivity (Wildman–Crippen MR) is 122 cm³/mol. The van der Waals surface area contributed by atoms with Crippen molar-refractivity contribution in [3.8, 4) is 17.6 Å². The van der Waals surface area contributed by atoms with E-state index in [1.165, 1.54) is 23.6 Å². The predicted octanol–water partition coefficient (Wildman–Crippen LogP) is 2.95. The fraction of sp³-hybridized carbons (Fsp3) is 0.667. The molecule has 1 aromatic rings. The molecule has 172 valence electrons. The molecule has 6 nitrogen and oxygen atoms in total. The Morgan fingerprint density at radius 2 is 1.97 bits per heavy atom. The Morgan fingerprint density at radius 1 is 1.26 bits per heavy atom. The third-order valence-corrected chi connectivity index (χ3v) is 8.26. The molecule has 3 rings (SSSR count). The molecule has 31 heavy (non-hydrogen) atoms. The maximum absolute atomic E-state index is 13.5. The van der Waals surface area contributed by atoms with Gasteiger partial charge in [-0.1, -0.05) is 38.0 Å². The number of rotatable bonds is 4. The Bertz CT molecular complexity index is 913. The van der Waals surface area contributed by atoms with Gasteiger partial charge in [-0.15, -0.1) is 0 Å². The zero-order chi connectivity index (χ0) is 22.6. The lowest BCUT2D eigenvalue weighted by atomic mass is 9.90. The van der Waals surface area contributed by atoms with Crippen LogP contribution in [0.1, 0.15) is 51.5 Å². The van der Waals surface area contributed by atoms with E-state index < -0.39 is 16.1 Å². The van der Waals surface area contributed by atoms with E-state index >= 15 is 0 Å². The maximum atomic E-state index is 13.5. The van der Waals surface area contributed by atoms with Crippen molar-refractivity contribution in [2.24, 2.45) is 11.8 Å². The lowest BCUT2D eigenvalue weighted by Gasteiger charge is -2.37. The van der Waals surface area contributed by atoms with Gasteiger partial charge in [-0.2, -0.15) is 4.31 Å². The lowest BCUT2D eigenvalue weighted by Crippen LogP contribution is -2.49. The zero-order valence-electron chi connectivity index (χ0n) is 19.2. The summed E-state index contributed by atoms with van der Waals surface area (Å²) in [7, 11) is 0.153. The van der Waals surface area contributed by atoms with E-state index in [-0.39, 0.29) is 23.5 Å². The molecule has 1 fully saturated rings. The van der Waals surface area contributed by atoms with Crippen LogP contribution in [0.15, 0.2) is 23.1 Å². The summed E-state index contributed by atoms with van der Waals surface area (Å²) in [6.45, 7) is 4.46. The Kier molecular flexibility index (Phi) is 8.03. The maximum Gasteiger partial charge on any atom is 0.247 e. The smallest absolute Gasteiger partial charge is 0.247 e. The number of aliphatic hydroxyl groups is 1. The monoisotopic (exact) mass is 448 g/mol. The topological polar surface area (TPSA) is 70.1 Å². The second-order valence-corrected chi connectivity index (χ2v) is 11.1. The van der Waals surface area contributed by atoms with Crippen molar-refractivity contribution in [2.45, 2.75) is 63.0 Å². The van der Waals surface area contributed by atoms with Crippen LogP contribution in [0.3, 0.4) is 0 Å². The van der Waals surface area contributed by atoms with Crippen molar-refractivity contribution in [1.29, 1.82) is 0 Å². The van der Waals surface area contributed by atoms with Crippen molar-refractivity contribution in [3.63, 3.8) is 0 Å². The minimum absolute atomic E-state index is 0.0451. The molecule has 0 saturated heterocycles. The first-order valence-electron chi connectivity index (χ1n) is 11.3. The highest BCUT2D eigenvalue weighted by Gasteiger charge is 2.37. The number of aliphatic hydroxyl groups excluding tert-OH is 1. The summed E-state index contributed by atoms with van der Waals surface area (Å²) < 4.78 is 34.6. The second-order valence-electron chi connectivity index (χ2n) is 9.27. The van der Waals surface area contributed by atoms with E-state index in [1.807, 2.05) is 25.9 Å². The van der Waals surface area contributed by atoms with Gasteiger partial charge in [0.1, 0.15) is 16.7 Å². The van der Waals surface area contributed by atoms with Crippen LogP contribution in [0.4, 0.5) is 0 Å². The normalized spacial score (nSPS) is 25.5. The van der Waals surface area contributed by atoms with Crippen LogP contribution >= 0.6 is 0 Å². The van der Waals surface area contributed by atoms with Gasteiger partial charge in [0.2, 0.25) is 10.0 Å². The molecule has 1 aliphatic carbocycles. The highest BCUT2D eigenvalue weighted by molar-refractivity contribution is 7.89. The van der Waals surface area contributed by atoms with Crippen LogP contribution in [0, 0.1) is 23.7 Å². The molecule has 1 aromatic carbocycles. The van der Waals surface area contributed by atoms with Crippen LogP contribution in [0.25, 0.3) is 0 Å². The number of hydrogen-bond acceptors (Lipinski definition) is 5. The van der Waals surface area contributed by atoms with E-state index in [4.69, 9.17) is 4.74 Å². The Morgan fingerprint density at radius 3 is 2.61 bits per heavy atom. The van der Waals surface area contributed by atoms with Crippen molar-refractivity contribution < 1.29 is 18.3 Å². The van der Waals surface area contributed by atoms with Gasteiger partial charge in [-0.25, -0.2) is 8.42 Å². The molecule has 1 N–H and O–H groups in total. The molecule has 0 amide bonds. The molecule has 0 spiro atoms. The van der Waals surface area contributed by atoms with E-state index in [1.54, 1.807) is 25.1 Å². The van der Waals surface area contributed by atoms with Crippen LogP contribution in [-0.4, -0.2) is 68.7 Å². The lowest BCUT2D eigenvalue weighted by molar-refractivity contribution is 0.0812. The minimum Gasteiger partial charge on any atom is -0.487 e. The molecule has 0 unspecified atom stereocenters. The average Bonchev–Trinajstić information content (AvgIpc) is 2.74. The molecule has 0 bridgehead atoms. The Labute approximate surface area is 187 Å². The molecular weight excluding hydrogens is 412 g/mol. The van der Waals surface area contributed by atoms with Gasteiger partial charge in [-0.3, -0.25) is 0 Å². The van der Waals surface area contributed by atoms with E-state index in [2.05, 4.69) is 11.8 Å². The number of nitrogens with zero attached hydrogens (tertiary/aromatic N) is 2. The van der Waals surface area contributed by atoms with Gasteiger partial charge < -0.3 is 14.7 Å². The van der Waals surface area contributed by atoms with Gasteiger partial charge in [0.25, 0.3) is 0 Å². The third-order valence-electron chi connectivity index (χ3n) is 6.24. The van der Waals surface area contributed by atoms with Crippen molar-refractivity contribution in [2.75, 3.05) is 33.8 Å². The number of sulfonamides is 1. The summed E-state index contributed by atoms with van der Waals surface area (Å²) in [5.74, 6) is 7.35. The molecule has 3 atom stereocenters. The SMILES string of the molecule is C[C@H]1CN([C@@H](C)CO)S(=O)(=O)c2ccc(C#CC3CCCCC3)cc2O[C@@H]1CN(C)C. The first-order valence-corrected chi connectivity index (χ1v) is 12.8. The summed E-state index contributed by atoms with van der Waals surface area (Å²) in [5.41, 5.74) is 0.776. The quantitative estimate of drug-likeness (QED) is 0.717. The molecule has 1 heterocycles. The fourth-order valence-electron chi connectivity index (χ4n) is 4.31. The number of hydrogen-bond donors (Lipinski definition) is 1. The Hall–Kier alpha value is -1.59.